The van der Waals surface area contributed by atoms with Gasteiger partial charge in [-0.3, -0.25) is 19.8 Å². The van der Waals surface area contributed by atoms with Crippen molar-refractivity contribution in [1.82, 2.24) is 29.7 Å². The Kier molecular flexibility index (Phi) is 13.7. The summed E-state index contributed by atoms with van der Waals surface area (Å²) in [6.07, 6.45) is 6.38. The molecule has 1 amide bonds. The smallest absolute Gasteiger partial charge is 0.410 e. The van der Waals surface area contributed by atoms with Gasteiger partial charge in [-0.15, -0.1) is 0 Å². The summed E-state index contributed by atoms with van der Waals surface area (Å²) in [5, 5.41) is 0. The van der Waals surface area contributed by atoms with E-state index in [9.17, 15) is 4.79 Å². The van der Waals surface area contributed by atoms with Gasteiger partial charge in [0.25, 0.3) is 0 Å². The first kappa shape index (κ1) is 42.7. The number of fused-ring (bicyclic) bond motifs is 1. The van der Waals surface area contributed by atoms with E-state index in [4.69, 9.17) is 19.4 Å². The van der Waals surface area contributed by atoms with Gasteiger partial charge in [-0.05, 0) is 81.0 Å². The number of carbonyl (C=O) groups excluding carboxylic acids is 1. The summed E-state index contributed by atoms with van der Waals surface area (Å²) in [6, 6.07) is 40.5. The molecule has 2 atom stereocenters. The SMILES string of the molecule is CC(C)(C)OC(=O)N(Cc1ccc(CN(C(COCC[Si](C)(C)C)c2nc(-c3ccccc3)c(-c3ccccc3)[nH]2)C2CCCc3cccnc32)cc1)Cc1ccccn1. The Bertz CT molecular complexity index is 2210. The minimum atomic E-state index is -1.34. The van der Waals surface area contributed by atoms with E-state index < -0.39 is 13.7 Å². The van der Waals surface area contributed by atoms with Crippen LogP contribution in [0, 0.1) is 0 Å². The van der Waals surface area contributed by atoms with Crippen molar-refractivity contribution in [2.75, 3.05) is 13.2 Å². The fourth-order valence-electron chi connectivity index (χ4n) is 7.80. The third-order valence-corrected chi connectivity index (χ3v) is 12.6. The third-order valence-electron chi connectivity index (χ3n) is 10.9. The maximum atomic E-state index is 13.5. The number of aromatic amines is 1. The number of amides is 1. The number of H-pyrrole nitrogens is 1. The molecule has 60 heavy (non-hydrogen) atoms. The number of imidazole rings is 1. The van der Waals surface area contributed by atoms with Crippen molar-refractivity contribution in [1.29, 1.82) is 0 Å². The molecule has 0 aliphatic heterocycles. The van der Waals surface area contributed by atoms with Gasteiger partial charge in [-0.25, -0.2) is 9.78 Å². The van der Waals surface area contributed by atoms with Crippen LogP contribution >= 0.6 is 0 Å². The Morgan fingerprint density at radius 1 is 0.800 bits per heavy atom. The molecule has 3 aromatic heterocycles. The van der Waals surface area contributed by atoms with Crippen LogP contribution in [0.1, 0.15) is 79.6 Å². The van der Waals surface area contributed by atoms with Crippen LogP contribution in [0.15, 0.2) is 128 Å². The van der Waals surface area contributed by atoms with Crippen molar-refractivity contribution in [2.45, 2.75) is 103 Å². The molecule has 3 aromatic carbocycles. The molecular formula is C50H60N6O3Si. The van der Waals surface area contributed by atoms with Crippen molar-refractivity contribution in [2.24, 2.45) is 0 Å². The number of carbonyl (C=O) groups is 1. The van der Waals surface area contributed by atoms with Gasteiger partial charge in [-0.2, -0.15) is 0 Å². The van der Waals surface area contributed by atoms with Crippen molar-refractivity contribution in [3.8, 4) is 22.5 Å². The second kappa shape index (κ2) is 19.3. The molecule has 0 saturated carbocycles. The predicted octanol–water partition coefficient (Wildman–Crippen LogP) is 11.4. The lowest BCUT2D eigenvalue weighted by Gasteiger charge is -2.39. The predicted molar refractivity (Wildman–Crippen MR) is 243 cm³/mol. The fraction of sp³-hybridized carbons (Fsp3) is 0.360. The Hall–Kier alpha value is -5.42. The zero-order valence-corrected chi connectivity index (χ0v) is 37.1. The van der Waals surface area contributed by atoms with Crippen molar-refractivity contribution < 1.29 is 14.3 Å². The fourth-order valence-corrected chi connectivity index (χ4v) is 8.56. The molecular weight excluding hydrogens is 761 g/mol. The molecule has 7 rings (SSSR count). The van der Waals surface area contributed by atoms with Gasteiger partial charge in [0.15, 0.2) is 0 Å². The van der Waals surface area contributed by atoms with Gasteiger partial charge in [-0.1, -0.05) is 117 Å². The first-order valence-electron chi connectivity index (χ1n) is 21.3. The summed E-state index contributed by atoms with van der Waals surface area (Å²) in [5.41, 5.74) is 8.85. The molecule has 9 nitrogen and oxygen atoms in total. The molecule has 312 valence electrons. The maximum Gasteiger partial charge on any atom is 0.410 e. The highest BCUT2D eigenvalue weighted by molar-refractivity contribution is 6.76. The Balaban J connectivity index is 1.26. The van der Waals surface area contributed by atoms with Crippen LogP contribution in [0.5, 0.6) is 0 Å². The minimum absolute atomic E-state index is 0.0479. The highest BCUT2D eigenvalue weighted by atomic mass is 28.3. The first-order valence-corrected chi connectivity index (χ1v) is 25.0. The zero-order chi connectivity index (χ0) is 42.1. The maximum absolute atomic E-state index is 13.5. The largest absolute Gasteiger partial charge is 0.444 e. The summed E-state index contributed by atoms with van der Waals surface area (Å²) in [7, 11) is -1.34. The normalized spacial score (nSPS) is 14.8. The van der Waals surface area contributed by atoms with Gasteiger partial charge >= 0.3 is 6.09 Å². The summed E-state index contributed by atoms with van der Waals surface area (Å²) >= 11 is 0. The molecule has 1 N–H and O–H groups in total. The van der Waals surface area contributed by atoms with E-state index in [1.54, 1.807) is 11.1 Å². The summed E-state index contributed by atoms with van der Waals surface area (Å²) < 4.78 is 12.5. The molecule has 1 aliphatic carbocycles. The van der Waals surface area contributed by atoms with E-state index in [0.717, 1.165) is 76.2 Å². The van der Waals surface area contributed by atoms with Crippen LogP contribution in [0.3, 0.4) is 0 Å². The molecule has 0 fully saturated rings. The third kappa shape index (κ3) is 11.4. The van der Waals surface area contributed by atoms with Gasteiger partial charge < -0.3 is 14.5 Å². The van der Waals surface area contributed by atoms with Crippen LogP contribution < -0.4 is 0 Å². The summed E-state index contributed by atoms with van der Waals surface area (Å²) in [5.74, 6) is 0.878. The van der Waals surface area contributed by atoms with E-state index in [-0.39, 0.29) is 18.2 Å². The van der Waals surface area contributed by atoms with E-state index in [1.165, 1.54) is 5.56 Å². The molecule has 0 bridgehead atoms. The van der Waals surface area contributed by atoms with Crippen LogP contribution in [0.4, 0.5) is 4.79 Å². The number of ether oxygens (including phenoxy) is 2. The van der Waals surface area contributed by atoms with Crippen LogP contribution in [0.25, 0.3) is 22.5 Å². The van der Waals surface area contributed by atoms with Crippen molar-refractivity contribution in [3.05, 3.63) is 162 Å². The molecule has 10 heteroatoms. The van der Waals surface area contributed by atoms with E-state index in [2.05, 4.69) is 119 Å². The van der Waals surface area contributed by atoms with E-state index in [0.29, 0.717) is 32.8 Å². The molecule has 2 unspecified atom stereocenters. The van der Waals surface area contributed by atoms with Gasteiger partial charge in [0.2, 0.25) is 0 Å². The monoisotopic (exact) mass is 820 g/mol. The minimum Gasteiger partial charge on any atom is -0.444 e. The molecule has 3 heterocycles. The lowest BCUT2D eigenvalue weighted by atomic mass is 9.89. The standard InChI is InChI=1S/C50H60N6O3Si/c1-50(2,3)59-49(57)55(35-42-23-13-14-29-51-42)33-37-25-27-38(28-26-37)34-56(43-24-15-21-39-22-16-30-52-45(39)43)44(36-58-31-32-60(4,5)6)48-53-46(40-17-9-7-10-18-40)47(54-48)41-19-11-8-12-20-41/h7-14,16-20,22-23,25-30,43-44H,15,21,24,31-36H2,1-6H3,(H,53,54). The van der Waals surface area contributed by atoms with Crippen LogP contribution in [0.2, 0.25) is 25.7 Å². The molecule has 1 aliphatic rings. The quantitative estimate of drug-likeness (QED) is 0.0767. The van der Waals surface area contributed by atoms with E-state index >= 15 is 0 Å². The lowest BCUT2D eigenvalue weighted by molar-refractivity contribution is 0.0214. The number of rotatable bonds is 16. The number of nitrogens with one attached hydrogen (secondary N) is 1. The van der Waals surface area contributed by atoms with Crippen LogP contribution in [-0.2, 0) is 35.5 Å². The van der Waals surface area contributed by atoms with Crippen molar-refractivity contribution >= 4 is 14.2 Å². The Labute approximate surface area is 357 Å². The molecule has 6 aromatic rings. The van der Waals surface area contributed by atoms with E-state index in [1.807, 2.05) is 57.3 Å². The molecule has 0 radical (unpaired) electrons. The zero-order valence-electron chi connectivity index (χ0n) is 36.1. The average molecular weight is 821 g/mol. The lowest BCUT2D eigenvalue weighted by Crippen LogP contribution is -2.38. The molecule has 0 spiro atoms. The Morgan fingerprint density at radius 2 is 1.47 bits per heavy atom. The number of pyridine rings is 2. The summed E-state index contributed by atoms with van der Waals surface area (Å²) in [4.78, 5) is 36.7. The second-order valence-corrected chi connectivity index (χ2v) is 23.7. The Morgan fingerprint density at radius 3 is 2.13 bits per heavy atom. The van der Waals surface area contributed by atoms with Gasteiger partial charge in [0, 0.05) is 51.3 Å². The van der Waals surface area contributed by atoms with Gasteiger partial charge in [0.05, 0.1) is 48.0 Å². The number of hydrogen-bond donors (Lipinski definition) is 1. The highest BCUT2D eigenvalue weighted by Crippen LogP contribution is 2.41. The number of nitrogens with zero attached hydrogens (tertiary/aromatic N) is 5. The average Bonchev–Trinajstić information content (AvgIpc) is 3.69. The number of benzene rings is 3. The number of aromatic nitrogens is 4. The number of hydrogen-bond acceptors (Lipinski definition) is 7. The van der Waals surface area contributed by atoms with Crippen LogP contribution in [-0.4, -0.2) is 62.7 Å². The topological polar surface area (TPSA) is 96.5 Å². The number of aryl methyl sites for hydroxylation is 1. The summed E-state index contributed by atoms with van der Waals surface area (Å²) in [6.45, 7) is 15.4. The molecule has 0 saturated heterocycles. The highest BCUT2D eigenvalue weighted by Gasteiger charge is 2.35. The first-order chi connectivity index (χ1) is 28.9. The van der Waals surface area contributed by atoms with Gasteiger partial charge in [0.1, 0.15) is 11.4 Å². The second-order valence-electron chi connectivity index (χ2n) is 18.1. The van der Waals surface area contributed by atoms with Crippen molar-refractivity contribution in [3.63, 3.8) is 0 Å².